The lowest BCUT2D eigenvalue weighted by molar-refractivity contribution is 0.0813. The second-order valence-corrected chi connectivity index (χ2v) is 9.80. The molecule has 2 heterocycles. The van der Waals surface area contributed by atoms with Gasteiger partial charge in [0, 0.05) is 18.9 Å². The SMILES string of the molecule is CCCCN(Cn1ccnc1)C(Cc1ccc2c(c1)OCO2)(c1ccccc1)c1ccc(OCCC)cc1. The van der Waals surface area contributed by atoms with Crippen molar-refractivity contribution in [3.8, 4) is 17.2 Å². The van der Waals surface area contributed by atoms with E-state index in [4.69, 9.17) is 14.2 Å². The van der Waals surface area contributed by atoms with E-state index in [1.165, 1.54) is 16.7 Å². The first-order valence-electron chi connectivity index (χ1n) is 13.6. The van der Waals surface area contributed by atoms with Gasteiger partial charge in [0.1, 0.15) is 5.75 Å². The van der Waals surface area contributed by atoms with Crippen LogP contribution in [0.1, 0.15) is 49.8 Å². The van der Waals surface area contributed by atoms with E-state index in [0.29, 0.717) is 13.3 Å². The van der Waals surface area contributed by atoms with Crippen molar-refractivity contribution >= 4 is 0 Å². The minimum atomic E-state index is -0.447. The summed E-state index contributed by atoms with van der Waals surface area (Å²) in [6.45, 7) is 7.00. The van der Waals surface area contributed by atoms with E-state index in [2.05, 4.69) is 95.0 Å². The van der Waals surface area contributed by atoms with Crippen molar-refractivity contribution in [1.29, 1.82) is 0 Å². The van der Waals surface area contributed by atoms with E-state index < -0.39 is 5.54 Å². The van der Waals surface area contributed by atoms with Crippen molar-refractivity contribution in [2.75, 3.05) is 19.9 Å². The molecule has 0 N–H and O–H groups in total. The van der Waals surface area contributed by atoms with Crippen molar-refractivity contribution in [2.45, 2.75) is 51.7 Å². The Morgan fingerprint density at radius 2 is 1.71 bits per heavy atom. The number of fused-ring (bicyclic) bond motifs is 1. The van der Waals surface area contributed by atoms with Crippen LogP contribution in [0.15, 0.2) is 91.5 Å². The van der Waals surface area contributed by atoms with Gasteiger partial charge in [-0.15, -0.1) is 0 Å². The van der Waals surface area contributed by atoms with Crippen LogP contribution in [0.5, 0.6) is 17.2 Å². The average Bonchev–Trinajstić information content (AvgIpc) is 3.66. The normalized spacial score (nSPS) is 14.0. The number of rotatable bonds is 13. The fraction of sp³-hybridized carbons (Fsp3) is 0.344. The zero-order valence-corrected chi connectivity index (χ0v) is 22.4. The first kappa shape index (κ1) is 25.9. The maximum atomic E-state index is 5.95. The summed E-state index contributed by atoms with van der Waals surface area (Å²) in [7, 11) is 0. The number of nitrogens with zero attached hydrogens (tertiary/aromatic N) is 3. The Hall–Kier alpha value is -3.77. The highest BCUT2D eigenvalue weighted by Gasteiger charge is 2.41. The first-order chi connectivity index (χ1) is 18.7. The molecule has 0 saturated heterocycles. The number of ether oxygens (including phenoxy) is 3. The molecule has 0 fully saturated rings. The van der Waals surface area contributed by atoms with Crippen LogP contribution < -0.4 is 14.2 Å². The molecule has 6 heteroatoms. The van der Waals surface area contributed by atoms with Gasteiger partial charge in [0.25, 0.3) is 0 Å². The van der Waals surface area contributed by atoms with Crippen LogP contribution in [0.3, 0.4) is 0 Å². The van der Waals surface area contributed by atoms with Gasteiger partial charge in [-0.05, 0) is 60.2 Å². The van der Waals surface area contributed by atoms with Gasteiger partial charge in [-0.1, -0.05) is 68.8 Å². The highest BCUT2D eigenvalue weighted by molar-refractivity contribution is 5.48. The van der Waals surface area contributed by atoms with Crippen molar-refractivity contribution in [3.63, 3.8) is 0 Å². The maximum absolute atomic E-state index is 5.95. The van der Waals surface area contributed by atoms with Gasteiger partial charge in [0.2, 0.25) is 6.79 Å². The van der Waals surface area contributed by atoms with Gasteiger partial charge >= 0.3 is 0 Å². The molecule has 0 amide bonds. The molecule has 0 aliphatic carbocycles. The van der Waals surface area contributed by atoms with Crippen LogP contribution in [0.4, 0.5) is 0 Å². The fourth-order valence-corrected chi connectivity index (χ4v) is 5.25. The number of aromatic nitrogens is 2. The number of hydrogen-bond donors (Lipinski definition) is 0. The van der Waals surface area contributed by atoms with Gasteiger partial charge in [0.15, 0.2) is 11.5 Å². The molecule has 6 nitrogen and oxygen atoms in total. The Labute approximate surface area is 225 Å². The second kappa shape index (κ2) is 12.2. The highest BCUT2D eigenvalue weighted by Crippen LogP contribution is 2.42. The van der Waals surface area contributed by atoms with E-state index in [1.807, 2.05) is 24.8 Å². The summed E-state index contributed by atoms with van der Waals surface area (Å²) in [6.07, 6.45) is 9.73. The first-order valence-corrected chi connectivity index (χ1v) is 13.6. The van der Waals surface area contributed by atoms with Crippen molar-refractivity contribution < 1.29 is 14.2 Å². The Morgan fingerprint density at radius 3 is 2.45 bits per heavy atom. The summed E-state index contributed by atoms with van der Waals surface area (Å²) in [5, 5.41) is 0. The standard InChI is InChI=1S/C32H37N3O3/c1-3-5-18-35(24-34-19-17-33-23-34)32(27-9-7-6-8-10-27,28-12-14-29(15-13-28)36-20-4-2)22-26-11-16-30-31(21-26)38-25-37-30/h6-17,19,21,23H,3-5,18,20,22,24-25H2,1-2H3. The maximum Gasteiger partial charge on any atom is 0.231 e. The van der Waals surface area contributed by atoms with E-state index in [0.717, 1.165) is 49.5 Å². The van der Waals surface area contributed by atoms with Crippen LogP contribution in [-0.4, -0.2) is 34.4 Å². The summed E-state index contributed by atoms with van der Waals surface area (Å²) in [5.41, 5.74) is 3.21. The minimum absolute atomic E-state index is 0.269. The summed E-state index contributed by atoms with van der Waals surface area (Å²) >= 11 is 0. The van der Waals surface area contributed by atoms with Gasteiger partial charge in [-0.2, -0.15) is 0 Å². The van der Waals surface area contributed by atoms with E-state index in [1.54, 1.807) is 0 Å². The molecule has 1 aromatic heterocycles. The Balaban J connectivity index is 1.67. The fourth-order valence-electron chi connectivity index (χ4n) is 5.25. The lowest BCUT2D eigenvalue weighted by Gasteiger charge is -2.46. The third kappa shape index (κ3) is 5.55. The largest absolute Gasteiger partial charge is 0.494 e. The number of hydrogen-bond acceptors (Lipinski definition) is 5. The molecule has 0 saturated carbocycles. The summed E-state index contributed by atoms with van der Waals surface area (Å²) < 4.78 is 19.5. The molecule has 0 bridgehead atoms. The van der Waals surface area contributed by atoms with E-state index >= 15 is 0 Å². The van der Waals surface area contributed by atoms with Crippen LogP contribution in [0.2, 0.25) is 0 Å². The Bertz CT molecular complexity index is 1280. The molecule has 1 atom stereocenters. The third-order valence-corrected chi connectivity index (χ3v) is 7.17. The summed E-state index contributed by atoms with van der Waals surface area (Å²) in [5.74, 6) is 2.51. The second-order valence-electron chi connectivity index (χ2n) is 9.80. The number of imidazole rings is 1. The van der Waals surface area contributed by atoms with E-state index in [-0.39, 0.29) is 6.79 Å². The van der Waals surface area contributed by atoms with Gasteiger partial charge in [-0.3, -0.25) is 4.90 Å². The lowest BCUT2D eigenvalue weighted by Crippen LogP contribution is -2.49. The highest BCUT2D eigenvalue weighted by atomic mass is 16.7. The van der Waals surface area contributed by atoms with Crippen LogP contribution >= 0.6 is 0 Å². The monoisotopic (exact) mass is 511 g/mol. The molecule has 198 valence electrons. The van der Waals surface area contributed by atoms with Crippen LogP contribution in [0, 0.1) is 0 Å². The molecule has 3 aromatic carbocycles. The summed E-state index contributed by atoms with van der Waals surface area (Å²) in [4.78, 5) is 6.93. The molecule has 1 aliphatic rings. The smallest absolute Gasteiger partial charge is 0.231 e. The molecular weight excluding hydrogens is 474 g/mol. The average molecular weight is 512 g/mol. The van der Waals surface area contributed by atoms with Crippen molar-refractivity contribution in [1.82, 2.24) is 14.5 Å². The minimum Gasteiger partial charge on any atom is -0.494 e. The molecule has 1 aliphatic heterocycles. The third-order valence-electron chi connectivity index (χ3n) is 7.17. The Kier molecular flexibility index (Phi) is 8.29. The molecule has 5 rings (SSSR count). The molecule has 4 aromatic rings. The predicted octanol–water partition coefficient (Wildman–Crippen LogP) is 6.65. The molecular formula is C32H37N3O3. The quantitative estimate of drug-likeness (QED) is 0.201. The topological polar surface area (TPSA) is 48.8 Å². The van der Waals surface area contributed by atoms with Crippen LogP contribution in [0.25, 0.3) is 0 Å². The molecule has 0 spiro atoms. The lowest BCUT2D eigenvalue weighted by atomic mass is 9.76. The van der Waals surface area contributed by atoms with Crippen molar-refractivity contribution in [2.24, 2.45) is 0 Å². The predicted molar refractivity (Wildman–Crippen MR) is 150 cm³/mol. The van der Waals surface area contributed by atoms with Gasteiger partial charge in [0.05, 0.1) is 25.1 Å². The number of unbranched alkanes of at least 4 members (excludes halogenated alkanes) is 1. The molecule has 38 heavy (non-hydrogen) atoms. The van der Waals surface area contributed by atoms with Gasteiger partial charge < -0.3 is 18.8 Å². The van der Waals surface area contributed by atoms with Crippen LogP contribution in [-0.2, 0) is 18.6 Å². The van der Waals surface area contributed by atoms with Gasteiger partial charge in [-0.25, -0.2) is 4.98 Å². The molecule has 0 radical (unpaired) electrons. The zero-order valence-electron chi connectivity index (χ0n) is 22.4. The Morgan fingerprint density at radius 1 is 0.921 bits per heavy atom. The molecule has 1 unspecified atom stereocenters. The number of benzene rings is 3. The van der Waals surface area contributed by atoms with Crippen molar-refractivity contribution in [3.05, 3.63) is 108 Å². The summed E-state index contributed by atoms with van der Waals surface area (Å²) in [6, 6.07) is 25.9. The van der Waals surface area contributed by atoms with E-state index in [9.17, 15) is 0 Å². The zero-order chi connectivity index (χ0) is 26.2.